The number of nitrogens with zero attached hydrogens (tertiary/aromatic N) is 5. The normalized spacial score (nSPS) is 15.0. The van der Waals surface area contributed by atoms with Gasteiger partial charge in [-0.3, -0.25) is 0 Å². The van der Waals surface area contributed by atoms with Crippen molar-refractivity contribution in [3.05, 3.63) is 59.8 Å². The first-order valence-corrected chi connectivity index (χ1v) is 10.3. The first-order chi connectivity index (χ1) is 15.0. The topological polar surface area (TPSA) is 90.3 Å². The van der Waals surface area contributed by atoms with Gasteiger partial charge in [-0.25, -0.2) is 14.5 Å². The van der Waals surface area contributed by atoms with E-state index in [2.05, 4.69) is 21.8 Å². The molecule has 1 saturated heterocycles. The molecule has 1 fully saturated rings. The number of para-hydroxylation sites is 1. The molecule has 1 aliphatic heterocycles. The van der Waals surface area contributed by atoms with E-state index in [0.29, 0.717) is 11.3 Å². The molecule has 0 bridgehead atoms. The molecular formula is C23H24N6O2. The molecule has 0 spiro atoms. The zero-order valence-corrected chi connectivity index (χ0v) is 17.5. The van der Waals surface area contributed by atoms with Gasteiger partial charge in [0.15, 0.2) is 0 Å². The number of aryl methyl sites for hydroxylation is 1. The minimum atomic E-state index is -0.954. The number of anilines is 1. The van der Waals surface area contributed by atoms with Crippen LogP contribution in [0.5, 0.6) is 0 Å². The Bertz CT molecular complexity index is 1250. The fourth-order valence-electron chi connectivity index (χ4n) is 4.11. The Balaban J connectivity index is 1.68. The number of benzene rings is 2. The number of likely N-dealkylation sites (N-methyl/N-ethyl adjacent to an activating group) is 1. The van der Waals surface area contributed by atoms with Crippen molar-refractivity contribution in [2.45, 2.75) is 6.92 Å². The predicted octanol–water partition coefficient (Wildman–Crippen LogP) is 3.17. The summed E-state index contributed by atoms with van der Waals surface area (Å²) in [6, 6.07) is 15.1. The van der Waals surface area contributed by atoms with Gasteiger partial charge in [0.2, 0.25) is 0 Å². The van der Waals surface area contributed by atoms with Gasteiger partial charge in [0.1, 0.15) is 11.6 Å². The molecule has 0 amide bonds. The van der Waals surface area contributed by atoms with Gasteiger partial charge in [-0.1, -0.05) is 18.2 Å². The number of imidazole rings is 1. The van der Waals surface area contributed by atoms with E-state index in [9.17, 15) is 9.90 Å². The molecule has 2 aromatic heterocycles. The van der Waals surface area contributed by atoms with Crippen LogP contribution in [0.15, 0.2) is 48.5 Å². The molecule has 5 rings (SSSR count). The van der Waals surface area contributed by atoms with E-state index in [1.54, 1.807) is 18.2 Å². The summed E-state index contributed by atoms with van der Waals surface area (Å²) in [5, 5.41) is 14.2. The van der Waals surface area contributed by atoms with Crippen molar-refractivity contribution in [1.29, 1.82) is 0 Å². The summed E-state index contributed by atoms with van der Waals surface area (Å²) in [6.07, 6.45) is 0. The lowest BCUT2D eigenvalue weighted by Gasteiger charge is -2.34. The summed E-state index contributed by atoms with van der Waals surface area (Å²) in [5.41, 5.74) is 4.48. The molecule has 0 aliphatic carbocycles. The van der Waals surface area contributed by atoms with Crippen LogP contribution in [-0.2, 0) is 0 Å². The first-order valence-electron chi connectivity index (χ1n) is 10.3. The molecule has 0 radical (unpaired) electrons. The minimum Gasteiger partial charge on any atom is -0.478 e. The molecule has 8 nitrogen and oxygen atoms in total. The number of carboxylic acids is 1. The van der Waals surface area contributed by atoms with Crippen LogP contribution in [-0.4, -0.2) is 69.0 Å². The van der Waals surface area contributed by atoms with Crippen LogP contribution < -0.4 is 4.90 Å². The summed E-state index contributed by atoms with van der Waals surface area (Å²) in [4.78, 5) is 24.2. The summed E-state index contributed by atoms with van der Waals surface area (Å²) in [7, 11) is 2.14. The Kier molecular flexibility index (Phi) is 4.71. The van der Waals surface area contributed by atoms with Crippen LogP contribution in [0.3, 0.4) is 0 Å². The molecule has 0 unspecified atom stereocenters. The van der Waals surface area contributed by atoms with Gasteiger partial charge in [-0.15, -0.1) is 0 Å². The van der Waals surface area contributed by atoms with Crippen molar-refractivity contribution in [2.24, 2.45) is 0 Å². The highest BCUT2D eigenvalue weighted by Crippen LogP contribution is 2.36. The largest absolute Gasteiger partial charge is 0.478 e. The van der Waals surface area contributed by atoms with E-state index in [1.165, 1.54) is 0 Å². The lowest BCUT2D eigenvalue weighted by molar-refractivity contribution is 0.0697. The Morgan fingerprint density at radius 3 is 2.52 bits per heavy atom. The Morgan fingerprint density at radius 1 is 1.06 bits per heavy atom. The number of H-pyrrole nitrogens is 1. The number of rotatable bonds is 4. The zero-order chi connectivity index (χ0) is 21.5. The van der Waals surface area contributed by atoms with E-state index in [-0.39, 0.29) is 5.56 Å². The third kappa shape index (κ3) is 3.44. The number of aromatic carboxylic acids is 1. The maximum atomic E-state index is 11.4. The van der Waals surface area contributed by atoms with Crippen molar-refractivity contribution in [3.8, 4) is 17.1 Å². The van der Waals surface area contributed by atoms with Gasteiger partial charge in [-0.2, -0.15) is 5.10 Å². The number of aromatic amines is 1. The van der Waals surface area contributed by atoms with E-state index in [0.717, 1.165) is 54.5 Å². The second-order valence-corrected chi connectivity index (χ2v) is 7.94. The fourth-order valence-corrected chi connectivity index (χ4v) is 4.11. The van der Waals surface area contributed by atoms with Crippen LogP contribution in [0, 0.1) is 6.92 Å². The van der Waals surface area contributed by atoms with Crippen molar-refractivity contribution >= 4 is 22.8 Å². The lowest BCUT2D eigenvalue weighted by Crippen LogP contribution is -2.45. The molecule has 158 valence electrons. The highest BCUT2D eigenvalue weighted by molar-refractivity contribution is 5.93. The quantitative estimate of drug-likeness (QED) is 0.531. The maximum absolute atomic E-state index is 11.4. The zero-order valence-electron chi connectivity index (χ0n) is 17.5. The number of hydrogen-bond acceptors (Lipinski definition) is 5. The second-order valence-electron chi connectivity index (χ2n) is 7.94. The number of hydrogen-bond donors (Lipinski definition) is 2. The molecule has 4 aromatic rings. The standard InChI is InChI=1S/C23H24N6O2/c1-15-20(21-24-18-9-8-16(23(30)31)14-19(18)25-21)22(28-12-10-27(2)11-13-28)29(26-15)17-6-4-3-5-7-17/h3-9,14H,10-13H2,1-2H3,(H,24,25)(H,30,31). The third-order valence-electron chi connectivity index (χ3n) is 5.81. The molecule has 2 N–H and O–H groups in total. The first kappa shape index (κ1) is 19.3. The molecule has 31 heavy (non-hydrogen) atoms. The number of carboxylic acid groups (broad SMARTS) is 1. The van der Waals surface area contributed by atoms with E-state index >= 15 is 0 Å². The van der Waals surface area contributed by atoms with Gasteiger partial charge in [0.05, 0.1) is 33.5 Å². The number of piperazine rings is 1. The average Bonchev–Trinajstić information content (AvgIpc) is 3.34. The average molecular weight is 416 g/mol. The van der Waals surface area contributed by atoms with E-state index in [1.807, 2.05) is 41.9 Å². The summed E-state index contributed by atoms with van der Waals surface area (Å²) < 4.78 is 1.99. The Labute approximate surface area is 179 Å². The van der Waals surface area contributed by atoms with Gasteiger partial charge in [0, 0.05) is 26.2 Å². The number of fused-ring (bicyclic) bond motifs is 1. The SMILES string of the molecule is Cc1nn(-c2ccccc2)c(N2CCN(C)CC2)c1-c1nc2ccc(C(=O)O)cc2[nH]1. The number of carbonyl (C=O) groups is 1. The van der Waals surface area contributed by atoms with Crippen LogP contribution in [0.25, 0.3) is 28.1 Å². The molecular weight excluding hydrogens is 392 g/mol. The van der Waals surface area contributed by atoms with Crippen LogP contribution in [0.1, 0.15) is 16.1 Å². The Morgan fingerprint density at radius 2 is 1.81 bits per heavy atom. The molecule has 8 heteroatoms. The smallest absolute Gasteiger partial charge is 0.335 e. The maximum Gasteiger partial charge on any atom is 0.335 e. The van der Waals surface area contributed by atoms with Crippen molar-refractivity contribution in [3.63, 3.8) is 0 Å². The predicted molar refractivity (Wildman–Crippen MR) is 120 cm³/mol. The molecule has 1 aliphatic rings. The molecule has 0 saturated carbocycles. The summed E-state index contributed by atoms with van der Waals surface area (Å²) in [5.74, 6) is 0.754. The van der Waals surface area contributed by atoms with Gasteiger partial charge in [0.25, 0.3) is 0 Å². The highest BCUT2D eigenvalue weighted by Gasteiger charge is 2.27. The van der Waals surface area contributed by atoms with Gasteiger partial charge < -0.3 is 19.9 Å². The number of aromatic nitrogens is 4. The van der Waals surface area contributed by atoms with Gasteiger partial charge >= 0.3 is 5.97 Å². The third-order valence-corrected chi connectivity index (χ3v) is 5.81. The molecule has 2 aromatic carbocycles. The van der Waals surface area contributed by atoms with Crippen LogP contribution in [0.2, 0.25) is 0 Å². The Hall–Kier alpha value is -3.65. The van der Waals surface area contributed by atoms with E-state index in [4.69, 9.17) is 10.1 Å². The molecule has 0 atom stereocenters. The van der Waals surface area contributed by atoms with Crippen LogP contribution >= 0.6 is 0 Å². The van der Waals surface area contributed by atoms with Crippen LogP contribution in [0.4, 0.5) is 5.82 Å². The highest BCUT2D eigenvalue weighted by atomic mass is 16.4. The minimum absolute atomic E-state index is 0.235. The number of nitrogens with one attached hydrogen (secondary N) is 1. The summed E-state index contributed by atoms with van der Waals surface area (Å²) >= 11 is 0. The summed E-state index contributed by atoms with van der Waals surface area (Å²) in [6.45, 7) is 5.72. The monoisotopic (exact) mass is 416 g/mol. The van der Waals surface area contributed by atoms with Crippen molar-refractivity contribution in [2.75, 3.05) is 38.1 Å². The van der Waals surface area contributed by atoms with Crippen molar-refractivity contribution in [1.82, 2.24) is 24.6 Å². The van der Waals surface area contributed by atoms with E-state index < -0.39 is 5.97 Å². The van der Waals surface area contributed by atoms with Crippen molar-refractivity contribution < 1.29 is 9.90 Å². The fraction of sp³-hybridized carbons (Fsp3) is 0.261. The molecule has 3 heterocycles. The van der Waals surface area contributed by atoms with Gasteiger partial charge in [-0.05, 0) is 44.3 Å². The second kappa shape index (κ2) is 7.55. The lowest BCUT2D eigenvalue weighted by atomic mass is 10.2.